The van der Waals surface area contributed by atoms with Crippen molar-refractivity contribution in [1.29, 1.82) is 0 Å². The third kappa shape index (κ3) is 2.26. The minimum absolute atomic E-state index is 0.0275. The Kier molecular flexibility index (Phi) is 2.96. The molecule has 0 radical (unpaired) electrons. The maximum absolute atomic E-state index is 12.7. The van der Waals surface area contributed by atoms with Crippen molar-refractivity contribution in [1.82, 2.24) is 25.0 Å². The number of anilines is 1. The number of alkyl halides is 3. The molecule has 1 aliphatic rings. The number of hydrogen-bond acceptors (Lipinski definition) is 6. The van der Waals surface area contributed by atoms with E-state index >= 15 is 0 Å². The molecule has 1 atom stereocenters. The van der Waals surface area contributed by atoms with Crippen molar-refractivity contribution in [2.45, 2.75) is 31.7 Å². The van der Waals surface area contributed by atoms with Gasteiger partial charge in [-0.05, 0) is 12.8 Å². The smallest absolute Gasteiger partial charge is 0.382 e. The summed E-state index contributed by atoms with van der Waals surface area (Å²) in [5.74, 6) is -1.63. The minimum atomic E-state index is -4.67. The topological polar surface area (TPSA) is 91.7 Å². The van der Waals surface area contributed by atoms with Crippen LogP contribution in [-0.4, -0.2) is 37.7 Å². The lowest BCUT2D eigenvalue weighted by Gasteiger charge is -2.10. The molecule has 0 bridgehead atoms. The van der Waals surface area contributed by atoms with E-state index in [1.807, 2.05) is 0 Å². The van der Waals surface area contributed by atoms with Gasteiger partial charge in [-0.2, -0.15) is 13.2 Å². The molecule has 2 aromatic rings. The van der Waals surface area contributed by atoms with Gasteiger partial charge in [0.2, 0.25) is 5.82 Å². The van der Waals surface area contributed by atoms with Crippen LogP contribution in [0.25, 0.3) is 11.2 Å². The summed E-state index contributed by atoms with van der Waals surface area (Å²) in [5.41, 5.74) is 5.52. The summed E-state index contributed by atoms with van der Waals surface area (Å²) in [6.45, 7) is 0.937. The van der Waals surface area contributed by atoms with Crippen molar-refractivity contribution in [3.63, 3.8) is 0 Å². The molecule has 1 saturated heterocycles. The second-order valence-electron chi connectivity index (χ2n) is 4.51. The van der Waals surface area contributed by atoms with Gasteiger partial charge in [0.25, 0.3) is 0 Å². The highest BCUT2D eigenvalue weighted by molar-refractivity contribution is 5.80. The van der Waals surface area contributed by atoms with Gasteiger partial charge in [0.1, 0.15) is 0 Å². The van der Waals surface area contributed by atoms with Gasteiger partial charge in [-0.1, -0.05) is 5.21 Å². The molecular formula is C10H11F3N6O. The fourth-order valence-electron chi connectivity index (χ4n) is 2.11. The van der Waals surface area contributed by atoms with Crippen LogP contribution in [0.5, 0.6) is 0 Å². The fraction of sp³-hybridized carbons (Fsp3) is 0.600. The highest BCUT2D eigenvalue weighted by Crippen LogP contribution is 2.28. The third-order valence-electron chi connectivity index (χ3n) is 3.04. The summed E-state index contributed by atoms with van der Waals surface area (Å²) >= 11 is 0. The molecule has 0 amide bonds. The van der Waals surface area contributed by atoms with Gasteiger partial charge in [0.05, 0.1) is 12.6 Å². The van der Waals surface area contributed by atoms with Gasteiger partial charge < -0.3 is 10.5 Å². The van der Waals surface area contributed by atoms with E-state index in [0.717, 1.165) is 12.8 Å². The normalized spacial score (nSPS) is 19.9. The van der Waals surface area contributed by atoms with Crippen LogP contribution in [-0.2, 0) is 17.5 Å². The molecule has 7 nitrogen and oxygen atoms in total. The Hall–Kier alpha value is -1.97. The lowest BCUT2D eigenvalue weighted by atomic mass is 10.2. The molecule has 10 heteroatoms. The second kappa shape index (κ2) is 4.54. The van der Waals surface area contributed by atoms with Gasteiger partial charge in [0.15, 0.2) is 17.0 Å². The zero-order valence-electron chi connectivity index (χ0n) is 10.3. The van der Waals surface area contributed by atoms with Gasteiger partial charge in [0, 0.05) is 6.61 Å². The number of ether oxygens (including phenoxy) is 1. The van der Waals surface area contributed by atoms with E-state index in [0.29, 0.717) is 13.2 Å². The minimum Gasteiger partial charge on any atom is -0.382 e. The van der Waals surface area contributed by atoms with Gasteiger partial charge >= 0.3 is 6.18 Å². The fourth-order valence-corrected chi connectivity index (χ4v) is 2.11. The Labute approximate surface area is 110 Å². The molecule has 0 aliphatic carbocycles. The summed E-state index contributed by atoms with van der Waals surface area (Å²) in [4.78, 5) is 6.69. The summed E-state index contributed by atoms with van der Waals surface area (Å²) < 4.78 is 44.7. The number of nitrogens with two attached hydrogens (primary N) is 1. The highest BCUT2D eigenvalue weighted by atomic mass is 19.4. The maximum atomic E-state index is 12.7. The van der Waals surface area contributed by atoms with Crippen molar-refractivity contribution >= 4 is 17.0 Å². The lowest BCUT2D eigenvalue weighted by Crippen LogP contribution is -2.18. The van der Waals surface area contributed by atoms with Gasteiger partial charge in [-0.15, -0.1) is 5.10 Å². The number of fused-ring (bicyclic) bond motifs is 1. The van der Waals surface area contributed by atoms with Crippen LogP contribution in [0.1, 0.15) is 18.7 Å². The van der Waals surface area contributed by atoms with Gasteiger partial charge in [-0.3, -0.25) is 0 Å². The summed E-state index contributed by atoms with van der Waals surface area (Å²) in [6, 6.07) is 0. The van der Waals surface area contributed by atoms with Crippen molar-refractivity contribution in [2.75, 3.05) is 12.3 Å². The average molecular weight is 288 g/mol. The maximum Gasteiger partial charge on any atom is 0.451 e. The van der Waals surface area contributed by atoms with Crippen molar-refractivity contribution in [2.24, 2.45) is 0 Å². The van der Waals surface area contributed by atoms with Crippen molar-refractivity contribution < 1.29 is 17.9 Å². The number of rotatable bonds is 2. The number of nitrogen functional groups attached to an aromatic ring is 1. The lowest BCUT2D eigenvalue weighted by molar-refractivity contribution is -0.144. The first-order valence-electron chi connectivity index (χ1n) is 6.00. The largest absolute Gasteiger partial charge is 0.451 e. The van der Waals surface area contributed by atoms with Crippen molar-refractivity contribution in [3.05, 3.63) is 5.82 Å². The molecule has 0 spiro atoms. The van der Waals surface area contributed by atoms with E-state index in [1.165, 1.54) is 4.68 Å². The third-order valence-corrected chi connectivity index (χ3v) is 3.04. The van der Waals surface area contributed by atoms with Crippen LogP contribution < -0.4 is 5.73 Å². The summed E-state index contributed by atoms with van der Waals surface area (Å²) in [6.07, 6.45) is -3.01. The molecular weight excluding hydrogens is 277 g/mol. The molecule has 0 aromatic carbocycles. The Morgan fingerprint density at radius 1 is 1.35 bits per heavy atom. The predicted octanol–water partition coefficient (Wildman–Crippen LogP) is 1.00. The van der Waals surface area contributed by atoms with Crippen molar-refractivity contribution in [3.8, 4) is 0 Å². The first kappa shape index (κ1) is 13.0. The zero-order chi connectivity index (χ0) is 14.3. The molecule has 0 saturated carbocycles. The molecule has 2 N–H and O–H groups in total. The highest BCUT2D eigenvalue weighted by Gasteiger charge is 2.36. The van der Waals surface area contributed by atoms with Gasteiger partial charge in [-0.25, -0.2) is 14.6 Å². The predicted molar refractivity (Wildman–Crippen MR) is 61.5 cm³/mol. The van der Waals surface area contributed by atoms with E-state index < -0.39 is 12.0 Å². The number of nitrogens with zero attached hydrogens (tertiary/aromatic N) is 5. The first-order chi connectivity index (χ1) is 9.45. The molecule has 3 rings (SSSR count). The molecule has 20 heavy (non-hydrogen) atoms. The number of hydrogen-bond donors (Lipinski definition) is 1. The Morgan fingerprint density at radius 3 is 2.80 bits per heavy atom. The van der Waals surface area contributed by atoms with Crippen LogP contribution in [0.15, 0.2) is 0 Å². The first-order valence-corrected chi connectivity index (χ1v) is 6.00. The second-order valence-corrected chi connectivity index (χ2v) is 4.51. The van der Waals surface area contributed by atoms with E-state index in [1.54, 1.807) is 0 Å². The summed E-state index contributed by atoms with van der Waals surface area (Å²) in [5, 5.41) is 7.50. The van der Waals surface area contributed by atoms with E-state index in [2.05, 4.69) is 20.3 Å². The van der Waals surface area contributed by atoms with Crippen LogP contribution >= 0.6 is 0 Å². The molecule has 2 aromatic heterocycles. The van der Waals surface area contributed by atoms with E-state index in [-0.39, 0.29) is 23.1 Å². The van der Waals surface area contributed by atoms with Crippen LogP contribution in [0.2, 0.25) is 0 Å². The number of aromatic nitrogens is 5. The SMILES string of the molecule is Nc1nc(C(F)(F)F)nc2c1nnn2C[C@H]1CCCO1. The Bertz CT molecular complexity index is 634. The Morgan fingerprint density at radius 2 is 2.15 bits per heavy atom. The molecule has 3 heterocycles. The number of halogens is 3. The average Bonchev–Trinajstić information content (AvgIpc) is 2.99. The molecule has 0 unspecified atom stereocenters. The van der Waals surface area contributed by atoms with E-state index in [4.69, 9.17) is 10.5 Å². The van der Waals surface area contributed by atoms with E-state index in [9.17, 15) is 13.2 Å². The standard InChI is InChI=1S/C10H11F3N6O/c11-10(12,13)9-15-7(14)6-8(16-9)19(18-17-6)4-5-2-1-3-20-5/h5H,1-4H2,(H2,14,15,16)/t5-/m1/s1. The molecule has 108 valence electrons. The Balaban J connectivity index is 2.02. The van der Waals surface area contributed by atoms with Crippen LogP contribution in [0, 0.1) is 0 Å². The van der Waals surface area contributed by atoms with Crippen LogP contribution in [0.3, 0.4) is 0 Å². The zero-order valence-corrected chi connectivity index (χ0v) is 10.3. The molecule has 1 aliphatic heterocycles. The van der Waals surface area contributed by atoms with Crippen LogP contribution in [0.4, 0.5) is 19.0 Å². The quantitative estimate of drug-likeness (QED) is 0.886. The molecule has 1 fully saturated rings. The monoisotopic (exact) mass is 288 g/mol. The summed E-state index contributed by atoms with van der Waals surface area (Å²) in [7, 11) is 0.